The van der Waals surface area contributed by atoms with Gasteiger partial charge in [0.1, 0.15) is 5.75 Å². The predicted octanol–water partition coefficient (Wildman–Crippen LogP) is 10.4. The van der Waals surface area contributed by atoms with E-state index >= 15 is 0 Å². The van der Waals surface area contributed by atoms with E-state index in [1.807, 2.05) is 12.4 Å². The molecule has 1 fully saturated rings. The summed E-state index contributed by atoms with van der Waals surface area (Å²) >= 11 is 0. The fraction of sp³-hybridized carbons (Fsp3) is 0.706. The molecule has 0 unspecified atom stereocenters. The van der Waals surface area contributed by atoms with E-state index in [0.29, 0.717) is 0 Å². The number of hydrogen-bond donors (Lipinski definition) is 0. The number of rotatable bonds is 19. The van der Waals surface area contributed by atoms with Crippen molar-refractivity contribution in [3.8, 4) is 17.1 Å². The number of unbranched alkanes of at least 4 members (excludes halogenated alkanes) is 9. The fourth-order valence-corrected chi connectivity index (χ4v) is 5.85. The van der Waals surface area contributed by atoms with Gasteiger partial charge >= 0.3 is 0 Å². The summed E-state index contributed by atoms with van der Waals surface area (Å²) in [5, 5.41) is 0. The van der Waals surface area contributed by atoms with E-state index in [2.05, 4.69) is 48.1 Å². The minimum atomic E-state index is 0.802. The first-order chi connectivity index (χ1) is 18.3. The summed E-state index contributed by atoms with van der Waals surface area (Å²) in [6.45, 7) is 5.39. The Labute approximate surface area is 228 Å². The highest BCUT2D eigenvalue weighted by Crippen LogP contribution is 2.34. The van der Waals surface area contributed by atoms with Crippen LogP contribution in [0.5, 0.6) is 5.75 Å². The van der Waals surface area contributed by atoms with Gasteiger partial charge in [-0.1, -0.05) is 110 Å². The number of nitrogens with zero attached hydrogens (tertiary/aromatic N) is 2. The summed E-state index contributed by atoms with van der Waals surface area (Å²) in [5.74, 6) is 3.68. The molecule has 0 bridgehead atoms. The van der Waals surface area contributed by atoms with Gasteiger partial charge in [-0.15, -0.1) is 0 Å². The van der Waals surface area contributed by atoms with E-state index in [1.165, 1.54) is 115 Å². The molecule has 0 aliphatic heterocycles. The van der Waals surface area contributed by atoms with Gasteiger partial charge in [-0.25, -0.2) is 9.97 Å². The Kier molecular flexibility index (Phi) is 14.7. The maximum Gasteiger partial charge on any atom is 0.159 e. The van der Waals surface area contributed by atoms with E-state index in [1.54, 1.807) is 0 Å². The minimum absolute atomic E-state index is 0.802. The van der Waals surface area contributed by atoms with Gasteiger partial charge in [0, 0.05) is 18.0 Å². The molecule has 0 radical (unpaired) electrons. The topological polar surface area (TPSA) is 35.0 Å². The van der Waals surface area contributed by atoms with Crippen LogP contribution in [0.2, 0.25) is 0 Å². The standard InChI is InChI=1S/C34H54N2O/c1-3-5-7-9-10-11-13-16-31-27-35-34(36-28-31)32-22-24-33(25-23-32)37-26-14-17-30-20-18-29(19-21-30)15-12-8-6-4-2/h22-25,27-30H,3-21,26H2,1-2H3/t29-,30-. The highest BCUT2D eigenvalue weighted by molar-refractivity contribution is 5.55. The van der Waals surface area contributed by atoms with Gasteiger partial charge in [-0.2, -0.15) is 0 Å². The van der Waals surface area contributed by atoms with Gasteiger partial charge in [0.05, 0.1) is 6.61 Å². The van der Waals surface area contributed by atoms with Crippen LogP contribution in [0.3, 0.4) is 0 Å². The van der Waals surface area contributed by atoms with Crippen molar-refractivity contribution in [1.82, 2.24) is 9.97 Å². The van der Waals surface area contributed by atoms with Crippen LogP contribution in [0, 0.1) is 11.8 Å². The number of aryl methyl sites for hydroxylation is 1. The van der Waals surface area contributed by atoms with Crippen LogP contribution in [0.25, 0.3) is 11.4 Å². The second-order valence-electron chi connectivity index (χ2n) is 11.5. The summed E-state index contributed by atoms with van der Waals surface area (Å²) < 4.78 is 6.05. The molecule has 3 rings (SSSR count). The molecule has 3 nitrogen and oxygen atoms in total. The first kappa shape index (κ1) is 29.7. The third-order valence-corrected chi connectivity index (χ3v) is 8.34. The smallest absolute Gasteiger partial charge is 0.159 e. The van der Waals surface area contributed by atoms with E-state index in [4.69, 9.17) is 4.74 Å². The Balaban J connectivity index is 1.27. The molecule has 0 amide bonds. The molecule has 0 N–H and O–H groups in total. The van der Waals surface area contributed by atoms with Crippen molar-refractivity contribution in [2.75, 3.05) is 6.61 Å². The average Bonchev–Trinajstić information content (AvgIpc) is 2.94. The summed E-state index contributed by atoms with van der Waals surface area (Å²) in [5.41, 5.74) is 2.30. The molecule has 37 heavy (non-hydrogen) atoms. The lowest BCUT2D eigenvalue weighted by molar-refractivity contribution is 0.228. The summed E-state index contributed by atoms with van der Waals surface area (Å²) in [7, 11) is 0. The highest BCUT2D eigenvalue weighted by atomic mass is 16.5. The zero-order chi connectivity index (χ0) is 26.0. The molecule has 1 aromatic carbocycles. The number of benzene rings is 1. The third-order valence-electron chi connectivity index (χ3n) is 8.34. The molecule has 1 aliphatic rings. The number of ether oxygens (including phenoxy) is 1. The normalized spacial score (nSPS) is 17.7. The average molecular weight is 507 g/mol. The van der Waals surface area contributed by atoms with Crippen LogP contribution in [-0.4, -0.2) is 16.6 Å². The number of aromatic nitrogens is 2. The lowest BCUT2D eigenvalue weighted by Crippen LogP contribution is -2.15. The Bertz CT molecular complexity index is 809. The summed E-state index contributed by atoms with van der Waals surface area (Å²) in [6.07, 6.45) is 29.9. The molecule has 1 aromatic heterocycles. The summed E-state index contributed by atoms with van der Waals surface area (Å²) in [4.78, 5) is 9.25. The Morgan fingerprint density at radius 3 is 1.81 bits per heavy atom. The van der Waals surface area contributed by atoms with Crippen LogP contribution in [-0.2, 0) is 6.42 Å². The fourth-order valence-electron chi connectivity index (χ4n) is 5.85. The molecular weight excluding hydrogens is 452 g/mol. The summed E-state index contributed by atoms with van der Waals surface area (Å²) in [6, 6.07) is 8.30. The van der Waals surface area contributed by atoms with Crippen molar-refractivity contribution in [3.05, 3.63) is 42.2 Å². The van der Waals surface area contributed by atoms with Crippen molar-refractivity contribution >= 4 is 0 Å². The van der Waals surface area contributed by atoms with E-state index in [0.717, 1.165) is 48.4 Å². The van der Waals surface area contributed by atoms with E-state index in [9.17, 15) is 0 Å². The van der Waals surface area contributed by atoms with E-state index < -0.39 is 0 Å². The molecular formula is C34H54N2O. The van der Waals surface area contributed by atoms with Gasteiger partial charge < -0.3 is 4.74 Å². The molecule has 3 heteroatoms. The molecule has 0 saturated heterocycles. The molecule has 2 aromatic rings. The Morgan fingerprint density at radius 1 is 0.649 bits per heavy atom. The van der Waals surface area contributed by atoms with Crippen LogP contribution in [0.4, 0.5) is 0 Å². The zero-order valence-electron chi connectivity index (χ0n) is 24.1. The van der Waals surface area contributed by atoms with Crippen LogP contribution < -0.4 is 4.74 Å². The van der Waals surface area contributed by atoms with E-state index in [-0.39, 0.29) is 0 Å². The lowest BCUT2D eigenvalue weighted by Gasteiger charge is -2.28. The number of hydrogen-bond acceptors (Lipinski definition) is 3. The van der Waals surface area contributed by atoms with Gasteiger partial charge in [0.15, 0.2) is 5.82 Å². The van der Waals surface area contributed by atoms with Crippen molar-refractivity contribution < 1.29 is 4.74 Å². The van der Waals surface area contributed by atoms with Crippen molar-refractivity contribution in [2.24, 2.45) is 11.8 Å². The predicted molar refractivity (Wildman–Crippen MR) is 158 cm³/mol. The SMILES string of the molecule is CCCCCCCCCc1cnc(-c2ccc(OCCC[C@H]3CC[C@H](CCCCCC)CC3)cc2)nc1. The van der Waals surface area contributed by atoms with Crippen molar-refractivity contribution in [3.63, 3.8) is 0 Å². The molecule has 206 valence electrons. The third kappa shape index (κ3) is 12.0. The zero-order valence-corrected chi connectivity index (χ0v) is 24.1. The quantitative estimate of drug-likeness (QED) is 0.178. The van der Waals surface area contributed by atoms with Gasteiger partial charge in [0.2, 0.25) is 0 Å². The van der Waals surface area contributed by atoms with Gasteiger partial charge in [-0.3, -0.25) is 0 Å². The maximum atomic E-state index is 6.05. The second-order valence-corrected chi connectivity index (χ2v) is 11.5. The van der Waals surface area contributed by atoms with Crippen LogP contribution >= 0.6 is 0 Å². The highest BCUT2D eigenvalue weighted by Gasteiger charge is 2.20. The van der Waals surface area contributed by atoms with Crippen LogP contribution in [0.1, 0.15) is 135 Å². The first-order valence-corrected chi connectivity index (χ1v) is 15.8. The van der Waals surface area contributed by atoms with Gasteiger partial charge in [-0.05, 0) is 67.3 Å². The molecule has 1 aliphatic carbocycles. The first-order valence-electron chi connectivity index (χ1n) is 15.8. The maximum absolute atomic E-state index is 6.05. The Morgan fingerprint density at radius 2 is 1.19 bits per heavy atom. The lowest BCUT2D eigenvalue weighted by atomic mass is 9.78. The minimum Gasteiger partial charge on any atom is -0.494 e. The monoisotopic (exact) mass is 506 g/mol. The van der Waals surface area contributed by atoms with Crippen LogP contribution in [0.15, 0.2) is 36.7 Å². The largest absolute Gasteiger partial charge is 0.494 e. The van der Waals surface area contributed by atoms with Crippen molar-refractivity contribution in [2.45, 2.75) is 136 Å². The second kappa shape index (κ2) is 18.4. The Hall–Kier alpha value is -1.90. The molecule has 1 heterocycles. The molecule has 0 atom stereocenters. The molecule has 0 spiro atoms. The van der Waals surface area contributed by atoms with Gasteiger partial charge in [0.25, 0.3) is 0 Å². The van der Waals surface area contributed by atoms with Crippen molar-refractivity contribution in [1.29, 1.82) is 0 Å². The molecule has 1 saturated carbocycles.